The molecule has 0 bridgehead atoms. The molecular weight excluding hydrogens is 337 g/mol. The van der Waals surface area contributed by atoms with Crippen LogP contribution in [0, 0.1) is 5.82 Å². The first-order chi connectivity index (χ1) is 12.4. The molecule has 0 radical (unpaired) electrons. The van der Waals surface area contributed by atoms with Crippen molar-refractivity contribution in [2.45, 2.75) is 25.8 Å². The number of benzene rings is 2. The van der Waals surface area contributed by atoms with E-state index in [0.29, 0.717) is 12.0 Å². The number of halogens is 1. The first kappa shape index (κ1) is 19.3. The van der Waals surface area contributed by atoms with Crippen LogP contribution < -0.4 is 5.32 Å². The summed E-state index contributed by atoms with van der Waals surface area (Å²) in [6, 6.07) is 14.2. The molecule has 1 N–H and O–H groups in total. The average molecular weight is 357 g/mol. The van der Waals surface area contributed by atoms with Crippen LogP contribution in [-0.4, -0.2) is 30.3 Å². The number of amides is 1. The second-order valence-electron chi connectivity index (χ2n) is 5.89. The van der Waals surface area contributed by atoms with Crippen LogP contribution in [0.4, 0.5) is 4.39 Å². The van der Waals surface area contributed by atoms with Crippen LogP contribution in [-0.2, 0) is 32.0 Å². The third kappa shape index (κ3) is 6.47. The van der Waals surface area contributed by atoms with Gasteiger partial charge in [-0.2, -0.15) is 0 Å². The number of nitrogens with one attached hydrogen (secondary N) is 1. The molecule has 6 heteroatoms. The maximum Gasteiger partial charge on any atom is 0.310 e. The molecule has 5 nitrogen and oxygen atoms in total. The summed E-state index contributed by atoms with van der Waals surface area (Å²) in [5.74, 6) is -1.84. The van der Waals surface area contributed by atoms with Crippen molar-refractivity contribution in [3.63, 3.8) is 0 Å². The van der Waals surface area contributed by atoms with Gasteiger partial charge in [0.05, 0.1) is 12.5 Å². The Morgan fingerprint density at radius 3 is 2.38 bits per heavy atom. The van der Waals surface area contributed by atoms with E-state index in [9.17, 15) is 18.8 Å². The van der Waals surface area contributed by atoms with Gasteiger partial charge in [-0.05, 0) is 36.6 Å². The molecule has 1 amide bonds. The van der Waals surface area contributed by atoms with Gasteiger partial charge >= 0.3 is 5.97 Å². The van der Waals surface area contributed by atoms with Crippen LogP contribution in [0.5, 0.6) is 0 Å². The van der Waals surface area contributed by atoms with Gasteiger partial charge in [-0.3, -0.25) is 14.4 Å². The zero-order chi connectivity index (χ0) is 18.9. The van der Waals surface area contributed by atoms with Crippen molar-refractivity contribution < 1.29 is 23.5 Å². The summed E-state index contributed by atoms with van der Waals surface area (Å²) in [6.07, 6.45) is 0.227. The van der Waals surface area contributed by atoms with Crippen LogP contribution >= 0.6 is 0 Å². The SMILES string of the molecule is CC(=O)[C@H](Cc1ccccc1)NC(=O)COC(=O)Cc1cccc(F)c1. The van der Waals surface area contributed by atoms with E-state index in [4.69, 9.17) is 4.74 Å². The maximum absolute atomic E-state index is 13.1. The Labute approximate surface area is 151 Å². The summed E-state index contributed by atoms with van der Waals surface area (Å²) in [7, 11) is 0. The van der Waals surface area contributed by atoms with Crippen LogP contribution in [0.1, 0.15) is 18.1 Å². The Bertz CT molecular complexity index is 776. The third-order valence-corrected chi connectivity index (χ3v) is 3.71. The van der Waals surface area contributed by atoms with Gasteiger partial charge in [0.25, 0.3) is 5.91 Å². The van der Waals surface area contributed by atoms with Crippen LogP contribution in [0.3, 0.4) is 0 Å². The van der Waals surface area contributed by atoms with E-state index in [-0.39, 0.29) is 12.2 Å². The Morgan fingerprint density at radius 1 is 1.04 bits per heavy atom. The lowest BCUT2D eigenvalue weighted by Crippen LogP contribution is -2.43. The monoisotopic (exact) mass is 357 g/mol. The fraction of sp³-hybridized carbons (Fsp3) is 0.250. The van der Waals surface area contributed by atoms with Gasteiger partial charge in [-0.15, -0.1) is 0 Å². The predicted octanol–water partition coefficient (Wildman–Crippen LogP) is 2.23. The molecule has 0 spiro atoms. The Balaban J connectivity index is 1.82. The van der Waals surface area contributed by atoms with Crippen LogP contribution in [0.25, 0.3) is 0 Å². The van der Waals surface area contributed by atoms with Gasteiger partial charge in [0.15, 0.2) is 12.4 Å². The molecule has 0 saturated carbocycles. The van der Waals surface area contributed by atoms with Crippen molar-refractivity contribution in [2.24, 2.45) is 0 Å². The lowest BCUT2D eigenvalue weighted by Gasteiger charge is -2.16. The van der Waals surface area contributed by atoms with Gasteiger partial charge in [-0.1, -0.05) is 42.5 Å². The second-order valence-corrected chi connectivity index (χ2v) is 5.89. The molecule has 0 heterocycles. The fourth-order valence-electron chi connectivity index (χ4n) is 2.39. The van der Waals surface area contributed by atoms with Gasteiger partial charge in [0.1, 0.15) is 5.82 Å². The molecule has 2 aromatic rings. The number of ether oxygens (including phenoxy) is 1. The standard InChI is InChI=1S/C20H20FNO4/c1-14(23)18(11-15-6-3-2-4-7-15)22-19(24)13-26-20(25)12-16-8-5-9-17(21)10-16/h2-10,18H,11-13H2,1H3,(H,22,24)/t18-/m0/s1. The highest BCUT2D eigenvalue weighted by Crippen LogP contribution is 2.06. The molecule has 0 saturated heterocycles. The molecule has 2 aromatic carbocycles. The highest BCUT2D eigenvalue weighted by Gasteiger charge is 2.18. The summed E-state index contributed by atoms with van der Waals surface area (Å²) >= 11 is 0. The lowest BCUT2D eigenvalue weighted by molar-refractivity contribution is -0.148. The van der Waals surface area contributed by atoms with Crippen molar-refractivity contribution in [1.29, 1.82) is 0 Å². The largest absolute Gasteiger partial charge is 0.455 e. The van der Waals surface area contributed by atoms with E-state index in [0.717, 1.165) is 5.56 Å². The Kier molecular flexibility index (Phi) is 7.02. The van der Waals surface area contributed by atoms with E-state index in [1.165, 1.54) is 25.1 Å². The minimum Gasteiger partial charge on any atom is -0.455 e. The van der Waals surface area contributed by atoms with E-state index in [2.05, 4.69) is 5.32 Å². The van der Waals surface area contributed by atoms with Crippen LogP contribution in [0.2, 0.25) is 0 Å². The zero-order valence-electron chi connectivity index (χ0n) is 14.4. The molecule has 0 aliphatic carbocycles. The van der Waals surface area contributed by atoms with Gasteiger partial charge in [-0.25, -0.2) is 4.39 Å². The number of carbonyl (C=O) groups excluding carboxylic acids is 3. The van der Waals surface area contributed by atoms with E-state index < -0.39 is 30.3 Å². The zero-order valence-corrected chi connectivity index (χ0v) is 14.4. The molecule has 136 valence electrons. The molecule has 0 unspecified atom stereocenters. The molecule has 0 fully saturated rings. The second kappa shape index (κ2) is 9.46. The predicted molar refractivity (Wildman–Crippen MR) is 93.8 cm³/mol. The summed E-state index contributed by atoms with van der Waals surface area (Å²) in [5, 5.41) is 2.57. The molecule has 0 aliphatic rings. The van der Waals surface area contributed by atoms with Crippen molar-refractivity contribution >= 4 is 17.7 Å². The Hall–Kier alpha value is -3.02. The Morgan fingerprint density at radius 2 is 1.73 bits per heavy atom. The first-order valence-corrected chi connectivity index (χ1v) is 8.18. The minimum atomic E-state index is -0.688. The number of hydrogen-bond acceptors (Lipinski definition) is 4. The summed E-state index contributed by atoms with van der Waals surface area (Å²) in [6.45, 7) is 0.899. The molecular formula is C20H20FNO4. The van der Waals surface area contributed by atoms with E-state index in [1.807, 2.05) is 30.3 Å². The van der Waals surface area contributed by atoms with E-state index in [1.54, 1.807) is 6.07 Å². The average Bonchev–Trinajstić information content (AvgIpc) is 2.60. The van der Waals surface area contributed by atoms with E-state index >= 15 is 0 Å². The number of carbonyl (C=O) groups is 3. The number of hydrogen-bond donors (Lipinski definition) is 1. The summed E-state index contributed by atoms with van der Waals surface area (Å²) < 4.78 is 18.0. The number of Topliss-reactive ketones (excluding diaryl/α,β-unsaturated/α-hetero) is 1. The van der Waals surface area contributed by atoms with Gasteiger partial charge < -0.3 is 10.1 Å². The van der Waals surface area contributed by atoms with Crippen molar-refractivity contribution in [3.05, 3.63) is 71.5 Å². The number of esters is 1. The smallest absolute Gasteiger partial charge is 0.310 e. The van der Waals surface area contributed by atoms with Crippen molar-refractivity contribution in [2.75, 3.05) is 6.61 Å². The quantitative estimate of drug-likeness (QED) is 0.736. The van der Waals surface area contributed by atoms with Crippen LogP contribution in [0.15, 0.2) is 54.6 Å². The molecule has 26 heavy (non-hydrogen) atoms. The molecule has 1 atom stereocenters. The maximum atomic E-state index is 13.1. The lowest BCUT2D eigenvalue weighted by atomic mass is 10.0. The van der Waals surface area contributed by atoms with Gasteiger partial charge in [0.2, 0.25) is 0 Å². The number of ketones is 1. The highest BCUT2D eigenvalue weighted by molar-refractivity contribution is 5.89. The van der Waals surface area contributed by atoms with Crippen molar-refractivity contribution in [3.8, 4) is 0 Å². The molecule has 0 aromatic heterocycles. The van der Waals surface area contributed by atoms with Gasteiger partial charge in [0, 0.05) is 0 Å². The topological polar surface area (TPSA) is 72.5 Å². The molecule has 0 aliphatic heterocycles. The fourth-order valence-corrected chi connectivity index (χ4v) is 2.39. The van der Waals surface area contributed by atoms with Crippen molar-refractivity contribution in [1.82, 2.24) is 5.32 Å². The third-order valence-electron chi connectivity index (χ3n) is 3.71. The number of rotatable bonds is 8. The highest BCUT2D eigenvalue weighted by atomic mass is 19.1. The summed E-state index contributed by atoms with van der Waals surface area (Å²) in [4.78, 5) is 35.4. The summed E-state index contributed by atoms with van der Waals surface area (Å²) in [5.41, 5.74) is 1.37. The minimum absolute atomic E-state index is 0.134. The normalized spacial score (nSPS) is 11.5. The molecule has 2 rings (SSSR count). The first-order valence-electron chi connectivity index (χ1n) is 8.18.